The van der Waals surface area contributed by atoms with Gasteiger partial charge in [-0.05, 0) is 68.1 Å². The quantitative estimate of drug-likeness (QED) is 0.494. The molecule has 0 aliphatic carbocycles. The van der Waals surface area contributed by atoms with E-state index in [2.05, 4.69) is 38.8 Å². The summed E-state index contributed by atoms with van der Waals surface area (Å²) in [6.07, 6.45) is 4.28. The van der Waals surface area contributed by atoms with Crippen molar-refractivity contribution in [3.63, 3.8) is 0 Å². The molecule has 0 N–H and O–H groups in total. The Morgan fingerprint density at radius 2 is 1.96 bits per heavy atom. The van der Waals surface area contributed by atoms with Gasteiger partial charge in [-0.3, -0.25) is 4.79 Å². The highest BCUT2D eigenvalue weighted by atomic mass is 79.9. The first-order valence-electron chi connectivity index (χ1n) is 9.27. The number of halogens is 2. The third-order valence-electron chi connectivity index (χ3n) is 4.91. The van der Waals surface area contributed by atoms with Crippen LogP contribution in [0.4, 0.5) is 10.1 Å². The second-order valence-electron chi connectivity index (χ2n) is 6.89. The maximum Gasteiger partial charge on any atom is 0.188 e. The molecule has 1 aliphatic rings. The molecule has 0 atom stereocenters. The minimum absolute atomic E-state index is 0.0324. The molecule has 1 heterocycles. The number of carbonyl (C=O) groups is 1. The van der Waals surface area contributed by atoms with Crippen molar-refractivity contribution in [1.29, 1.82) is 0 Å². The Hall–Kier alpha value is -2.18. The van der Waals surface area contributed by atoms with Gasteiger partial charge in [-0.25, -0.2) is 4.39 Å². The summed E-state index contributed by atoms with van der Waals surface area (Å²) in [5, 5.41) is 0. The third kappa shape index (κ3) is 5.00. The number of nitrogens with zero attached hydrogens (tertiary/aromatic N) is 2. The van der Waals surface area contributed by atoms with Crippen LogP contribution in [0.5, 0.6) is 5.75 Å². The van der Waals surface area contributed by atoms with Crippen LogP contribution >= 0.6 is 15.9 Å². The number of carbonyl (C=O) groups excluding carboxylic acids is 1. The largest absolute Gasteiger partial charge is 0.497 e. The zero-order valence-corrected chi connectivity index (χ0v) is 17.7. The molecule has 28 heavy (non-hydrogen) atoms. The van der Waals surface area contributed by atoms with Crippen LogP contribution in [0.15, 0.2) is 46.9 Å². The topological polar surface area (TPSA) is 32.8 Å². The number of ketones is 1. The predicted octanol–water partition coefficient (Wildman–Crippen LogP) is 4.63. The second-order valence-corrected chi connectivity index (χ2v) is 7.81. The average molecular weight is 447 g/mol. The smallest absolute Gasteiger partial charge is 0.188 e. The molecule has 2 aromatic carbocycles. The lowest BCUT2D eigenvalue weighted by atomic mass is 10.1. The van der Waals surface area contributed by atoms with Crippen LogP contribution in [0.25, 0.3) is 6.08 Å². The summed E-state index contributed by atoms with van der Waals surface area (Å²) >= 11 is 3.51. The lowest BCUT2D eigenvalue weighted by Gasteiger charge is -2.25. The molecule has 0 unspecified atom stereocenters. The maximum atomic E-state index is 14.2. The number of methoxy groups -OCH3 is 1. The lowest BCUT2D eigenvalue weighted by Crippen LogP contribution is -2.29. The monoisotopic (exact) mass is 446 g/mol. The number of likely N-dealkylation sites (N-methyl/N-ethyl adjacent to an activating group) is 1. The summed E-state index contributed by atoms with van der Waals surface area (Å²) in [6, 6.07) is 10.3. The zero-order valence-electron chi connectivity index (χ0n) is 16.1. The van der Waals surface area contributed by atoms with E-state index in [1.54, 1.807) is 12.1 Å². The zero-order chi connectivity index (χ0) is 20.1. The van der Waals surface area contributed by atoms with E-state index in [0.717, 1.165) is 48.3 Å². The Morgan fingerprint density at radius 3 is 2.71 bits per heavy atom. The molecule has 0 bridgehead atoms. The first kappa shape index (κ1) is 20.6. The number of rotatable bonds is 5. The van der Waals surface area contributed by atoms with E-state index in [4.69, 9.17) is 4.74 Å². The summed E-state index contributed by atoms with van der Waals surface area (Å²) in [7, 11) is 3.60. The van der Waals surface area contributed by atoms with Crippen LogP contribution in [-0.4, -0.2) is 51.0 Å². The van der Waals surface area contributed by atoms with Crippen LogP contribution in [0, 0.1) is 5.82 Å². The molecule has 1 aliphatic heterocycles. The third-order valence-corrected chi connectivity index (χ3v) is 5.40. The van der Waals surface area contributed by atoms with Crippen molar-refractivity contribution in [1.82, 2.24) is 4.90 Å². The highest BCUT2D eigenvalue weighted by Gasteiger charge is 2.16. The second kappa shape index (κ2) is 9.34. The average Bonchev–Trinajstić information content (AvgIpc) is 2.90. The predicted molar refractivity (Wildman–Crippen MR) is 115 cm³/mol. The molecular weight excluding hydrogens is 423 g/mol. The number of ether oxygens (including phenoxy) is 1. The first-order chi connectivity index (χ1) is 13.5. The Morgan fingerprint density at radius 1 is 1.14 bits per heavy atom. The van der Waals surface area contributed by atoms with Crippen molar-refractivity contribution >= 4 is 33.5 Å². The maximum absolute atomic E-state index is 14.2. The van der Waals surface area contributed by atoms with E-state index >= 15 is 0 Å². The SMILES string of the molecule is COc1ccc(C(=O)/C=C/c2cc(Br)ccc2N2CCCN(C)CC2)c(F)c1. The van der Waals surface area contributed by atoms with E-state index in [0.29, 0.717) is 5.75 Å². The molecule has 1 fully saturated rings. The van der Waals surface area contributed by atoms with Crippen molar-refractivity contribution in [3.05, 3.63) is 63.9 Å². The molecule has 6 heteroatoms. The van der Waals surface area contributed by atoms with E-state index in [1.807, 2.05) is 12.1 Å². The normalized spacial score (nSPS) is 15.6. The van der Waals surface area contributed by atoms with E-state index in [-0.39, 0.29) is 11.3 Å². The number of hydrogen-bond donors (Lipinski definition) is 0. The van der Waals surface area contributed by atoms with Crippen molar-refractivity contribution in [2.75, 3.05) is 45.2 Å². The number of benzene rings is 2. The summed E-state index contributed by atoms with van der Waals surface area (Å²) in [5.41, 5.74) is 2.05. The number of anilines is 1. The first-order valence-corrected chi connectivity index (χ1v) is 10.1. The Bertz CT molecular complexity index is 885. The van der Waals surface area contributed by atoms with Gasteiger partial charge in [0.1, 0.15) is 11.6 Å². The van der Waals surface area contributed by atoms with Crippen molar-refractivity contribution < 1.29 is 13.9 Å². The molecule has 3 rings (SSSR count). The molecule has 148 valence electrons. The van der Waals surface area contributed by atoms with Crippen LogP contribution in [0.3, 0.4) is 0 Å². The molecule has 1 saturated heterocycles. The van der Waals surface area contributed by atoms with Crippen LogP contribution in [-0.2, 0) is 0 Å². The van der Waals surface area contributed by atoms with Gasteiger partial charge in [0.15, 0.2) is 5.78 Å². The van der Waals surface area contributed by atoms with Gasteiger partial charge in [0.2, 0.25) is 0 Å². The molecule has 0 amide bonds. The Kier molecular flexibility index (Phi) is 6.86. The molecule has 0 radical (unpaired) electrons. The van der Waals surface area contributed by atoms with E-state index in [9.17, 15) is 9.18 Å². The van der Waals surface area contributed by atoms with Crippen LogP contribution in [0.2, 0.25) is 0 Å². The van der Waals surface area contributed by atoms with Gasteiger partial charge in [0.25, 0.3) is 0 Å². The van der Waals surface area contributed by atoms with Crippen LogP contribution < -0.4 is 9.64 Å². The van der Waals surface area contributed by atoms with Gasteiger partial charge in [0, 0.05) is 35.9 Å². The van der Waals surface area contributed by atoms with Crippen LogP contribution in [0.1, 0.15) is 22.3 Å². The van der Waals surface area contributed by atoms with Gasteiger partial charge >= 0.3 is 0 Å². The Balaban J connectivity index is 1.85. The van der Waals surface area contributed by atoms with Crippen molar-refractivity contribution in [3.8, 4) is 5.75 Å². The molecule has 0 spiro atoms. The fraction of sp³-hybridized carbons (Fsp3) is 0.318. The van der Waals surface area contributed by atoms with Crippen molar-refractivity contribution in [2.24, 2.45) is 0 Å². The van der Waals surface area contributed by atoms with Gasteiger partial charge in [-0.15, -0.1) is 0 Å². The molecular formula is C22H24BrFN2O2. The molecule has 0 aromatic heterocycles. The summed E-state index contributed by atoms with van der Waals surface area (Å²) in [6.45, 7) is 3.97. The minimum Gasteiger partial charge on any atom is -0.497 e. The molecule has 2 aromatic rings. The van der Waals surface area contributed by atoms with Gasteiger partial charge in [-0.1, -0.05) is 15.9 Å². The highest BCUT2D eigenvalue weighted by Crippen LogP contribution is 2.27. The number of allylic oxidation sites excluding steroid dienone is 1. The van der Waals surface area contributed by atoms with Gasteiger partial charge in [-0.2, -0.15) is 0 Å². The lowest BCUT2D eigenvalue weighted by molar-refractivity contribution is 0.104. The standard InChI is InChI=1S/C22H24BrFN2O2/c1-25-10-3-11-26(13-12-25)21-8-5-17(23)14-16(21)4-9-22(27)19-7-6-18(28-2)15-20(19)24/h4-9,14-15H,3,10-13H2,1-2H3/b9-4+. The minimum atomic E-state index is -0.584. The summed E-state index contributed by atoms with van der Waals surface area (Å²) < 4.78 is 20.1. The fourth-order valence-corrected chi connectivity index (χ4v) is 3.69. The Labute approximate surface area is 173 Å². The highest BCUT2D eigenvalue weighted by molar-refractivity contribution is 9.10. The molecule has 4 nitrogen and oxygen atoms in total. The van der Waals surface area contributed by atoms with Gasteiger partial charge < -0.3 is 14.5 Å². The summed E-state index contributed by atoms with van der Waals surface area (Å²) in [4.78, 5) is 17.2. The van der Waals surface area contributed by atoms with Crippen molar-refractivity contribution in [2.45, 2.75) is 6.42 Å². The number of hydrogen-bond acceptors (Lipinski definition) is 4. The fourth-order valence-electron chi connectivity index (χ4n) is 3.31. The molecule has 0 saturated carbocycles. The van der Waals surface area contributed by atoms with Gasteiger partial charge in [0.05, 0.1) is 12.7 Å². The summed E-state index contributed by atoms with van der Waals surface area (Å²) in [5.74, 6) is -0.570. The van der Waals surface area contributed by atoms with E-state index in [1.165, 1.54) is 25.3 Å². The van der Waals surface area contributed by atoms with E-state index < -0.39 is 5.82 Å².